The van der Waals surface area contributed by atoms with Crippen LogP contribution in [0, 0.1) is 0 Å². The fourth-order valence-electron chi connectivity index (χ4n) is 2.36. The van der Waals surface area contributed by atoms with Crippen molar-refractivity contribution in [3.63, 3.8) is 0 Å². The summed E-state index contributed by atoms with van der Waals surface area (Å²) in [6, 6.07) is 8.49. The summed E-state index contributed by atoms with van der Waals surface area (Å²) in [5.74, 6) is 1.00. The molecule has 120 valence electrons. The molecular formula is C19H33NO. The maximum absolute atomic E-state index is 5.79. The summed E-state index contributed by atoms with van der Waals surface area (Å²) in [5.41, 5.74) is 1.33. The molecule has 1 aromatic carbocycles. The highest BCUT2D eigenvalue weighted by Crippen LogP contribution is 2.13. The molecule has 0 saturated carbocycles. The van der Waals surface area contributed by atoms with Gasteiger partial charge in [-0.1, -0.05) is 64.5 Å². The Labute approximate surface area is 131 Å². The lowest BCUT2D eigenvalue weighted by molar-refractivity contribution is 0.304. The highest BCUT2D eigenvalue weighted by molar-refractivity contribution is 5.27. The van der Waals surface area contributed by atoms with E-state index in [1.165, 1.54) is 56.9 Å². The van der Waals surface area contributed by atoms with Crippen LogP contribution in [-0.4, -0.2) is 13.2 Å². The minimum atomic E-state index is 0.848. The van der Waals surface area contributed by atoms with Gasteiger partial charge in [0.25, 0.3) is 0 Å². The van der Waals surface area contributed by atoms with Crippen LogP contribution in [0.15, 0.2) is 24.3 Å². The second kappa shape index (κ2) is 12.7. The van der Waals surface area contributed by atoms with Gasteiger partial charge in [-0.25, -0.2) is 0 Å². The zero-order valence-corrected chi connectivity index (χ0v) is 14.0. The highest BCUT2D eigenvalue weighted by Gasteiger charge is 1.96. The molecule has 0 unspecified atom stereocenters. The summed E-state index contributed by atoms with van der Waals surface area (Å²) < 4.78 is 5.79. The first-order chi connectivity index (χ1) is 10.4. The molecule has 0 aliphatic rings. The van der Waals surface area contributed by atoms with Crippen molar-refractivity contribution in [3.8, 4) is 5.75 Å². The molecule has 0 aliphatic heterocycles. The molecular weight excluding hydrogens is 258 g/mol. The Morgan fingerprint density at radius 2 is 1.48 bits per heavy atom. The zero-order chi connectivity index (χ0) is 15.2. The molecule has 0 amide bonds. The number of nitrogens with one attached hydrogen (secondary N) is 1. The third-order valence-electron chi connectivity index (χ3n) is 3.70. The summed E-state index contributed by atoms with van der Waals surface area (Å²) >= 11 is 0. The molecule has 0 aliphatic carbocycles. The van der Waals surface area contributed by atoms with Crippen LogP contribution >= 0.6 is 0 Å². The number of benzene rings is 1. The molecule has 0 spiro atoms. The molecule has 21 heavy (non-hydrogen) atoms. The van der Waals surface area contributed by atoms with E-state index in [9.17, 15) is 0 Å². The van der Waals surface area contributed by atoms with Gasteiger partial charge in [0.2, 0.25) is 0 Å². The van der Waals surface area contributed by atoms with Crippen molar-refractivity contribution in [1.82, 2.24) is 5.32 Å². The van der Waals surface area contributed by atoms with Crippen molar-refractivity contribution in [2.75, 3.05) is 13.2 Å². The molecule has 0 saturated heterocycles. The molecule has 1 rings (SSSR count). The molecule has 1 N–H and O–H groups in total. The van der Waals surface area contributed by atoms with Crippen molar-refractivity contribution >= 4 is 0 Å². The lowest BCUT2D eigenvalue weighted by atomic mass is 10.1. The van der Waals surface area contributed by atoms with Crippen molar-refractivity contribution in [3.05, 3.63) is 29.8 Å². The Morgan fingerprint density at radius 1 is 0.810 bits per heavy atom. The largest absolute Gasteiger partial charge is 0.494 e. The van der Waals surface area contributed by atoms with Gasteiger partial charge in [-0.05, 0) is 37.1 Å². The maximum atomic E-state index is 5.79. The highest BCUT2D eigenvalue weighted by atomic mass is 16.5. The molecule has 1 aromatic rings. The predicted octanol–water partition coefficient (Wildman–Crippen LogP) is 5.32. The van der Waals surface area contributed by atoms with Gasteiger partial charge in [-0.15, -0.1) is 0 Å². The molecule has 2 heteroatoms. The normalized spacial score (nSPS) is 10.8. The van der Waals surface area contributed by atoms with Gasteiger partial charge >= 0.3 is 0 Å². The molecule has 0 atom stereocenters. The molecule has 0 aromatic heterocycles. The van der Waals surface area contributed by atoms with Crippen LogP contribution in [0.4, 0.5) is 0 Å². The van der Waals surface area contributed by atoms with E-state index in [1.807, 2.05) is 0 Å². The van der Waals surface area contributed by atoms with Crippen molar-refractivity contribution in [2.24, 2.45) is 0 Å². The van der Waals surface area contributed by atoms with E-state index in [2.05, 4.69) is 43.4 Å². The van der Waals surface area contributed by atoms with Crippen molar-refractivity contribution in [1.29, 1.82) is 0 Å². The van der Waals surface area contributed by atoms with E-state index in [0.29, 0.717) is 0 Å². The molecule has 2 nitrogen and oxygen atoms in total. The first kappa shape index (κ1) is 18.0. The zero-order valence-electron chi connectivity index (χ0n) is 14.0. The van der Waals surface area contributed by atoms with Crippen LogP contribution in [0.2, 0.25) is 0 Å². The Hall–Kier alpha value is -1.02. The molecule has 0 heterocycles. The molecule has 0 fully saturated rings. The summed E-state index contributed by atoms with van der Waals surface area (Å²) in [6.45, 7) is 7.33. The minimum Gasteiger partial charge on any atom is -0.494 e. The fraction of sp³-hybridized carbons (Fsp3) is 0.684. The number of ether oxygens (including phenoxy) is 1. The van der Waals surface area contributed by atoms with Crippen molar-refractivity contribution in [2.45, 2.75) is 71.8 Å². The average Bonchev–Trinajstić information content (AvgIpc) is 2.52. The Balaban J connectivity index is 2.04. The monoisotopic (exact) mass is 291 g/mol. The van der Waals surface area contributed by atoms with Gasteiger partial charge in [-0.3, -0.25) is 0 Å². The van der Waals surface area contributed by atoms with Crippen LogP contribution < -0.4 is 10.1 Å². The standard InChI is InChI=1S/C19H33NO/c1-3-5-6-7-8-9-10-16-21-19-13-11-18(12-14-19)17-20-15-4-2/h11-14,20H,3-10,15-17H2,1-2H3. The summed E-state index contributed by atoms with van der Waals surface area (Å²) in [6.07, 6.45) is 10.5. The third-order valence-corrected chi connectivity index (χ3v) is 3.70. The Kier molecular flexibility index (Phi) is 10.9. The fourth-order valence-corrected chi connectivity index (χ4v) is 2.36. The third kappa shape index (κ3) is 9.52. The van der Waals surface area contributed by atoms with E-state index in [1.54, 1.807) is 0 Å². The molecule has 0 radical (unpaired) electrons. The lowest BCUT2D eigenvalue weighted by Gasteiger charge is -2.08. The van der Waals surface area contributed by atoms with Gasteiger partial charge < -0.3 is 10.1 Å². The van der Waals surface area contributed by atoms with Crippen LogP contribution in [0.25, 0.3) is 0 Å². The van der Waals surface area contributed by atoms with Gasteiger partial charge in [-0.2, -0.15) is 0 Å². The second-order valence-electron chi connectivity index (χ2n) is 5.79. The van der Waals surface area contributed by atoms with E-state index in [0.717, 1.165) is 25.4 Å². The lowest BCUT2D eigenvalue weighted by Crippen LogP contribution is -2.13. The second-order valence-corrected chi connectivity index (χ2v) is 5.79. The van der Waals surface area contributed by atoms with Gasteiger partial charge in [0.05, 0.1) is 6.61 Å². The maximum Gasteiger partial charge on any atom is 0.119 e. The minimum absolute atomic E-state index is 0.848. The van der Waals surface area contributed by atoms with Crippen LogP contribution in [-0.2, 0) is 6.54 Å². The summed E-state index contributed by atoms with van der Waals surface area (Å²) in [7, 11) is 0. The van der Waals surface area contributed by atoms with E-state index < -0.39 is 0 Å². The van der Waals surface area contributed by atoms with Crippen LogP contribution in [0.5, 0.6) is 5.75 Å². The number of hydrogen-bond donors (Lipinski definition) is 1. The smallest absolute Gasteiger partial charge is 0.119 e. The van der Waals surface area contributed by atoms with Gasteiger partial charge in [0, 0.05) is 6.54 Å². The van der Waals surface area contributed by atoms with Gasteiger partial charge in [0.15, 0.2) is 0 Å². The number of unbranched alkanes of at least 4 members (excludes halogenated alkanes) is 6. The Bertz CT molecular complexity index is 334. The first-order valence-corrected chi connectivity index (χ1v) is 8.79. The van der Waals surface area contributed by atoms with Gasteiger partial charge in [0.1, 0.15) is 5.75 Å². The topological polar surface area (TPSA) is 21.3 Å². The number of hydrogen-bond acceptors (Lipinski definition) is 2. The average molecular weight is 291 g/mol. The SMILES string of the molecule is CCCCCCCCCOc1ccc(CNCCC)cc1. The quantitative estimate of drug-likeness (QED) is 0.497. The van der Waals surface area contributed by atoms with Crippen LogP contribution in [0.3, 0.4) is 0 Å². The molecule has 0 bridgehead atoms. The van der Waals surface area contributed by atoms with E-state index in [-0.39, 0.29) is 0 Å². The Morgan fingerprint density at radius 3 is 2.14 bits per heavy atom. The summed E-state index contributed by atoms with van der Waals surface area (Å²) in [5, 5.41) is 3.41. The van der Waals surface area contributed by atoms with Crippen LogP contribution in [0.1, 0.15) is 70.8 Å². The van der Waals surface area contributed by atoms with Crippen molar-refractivity contribution < 1.29 is 4.74 Å². The van der Waals surface area contributed by atoms with E-state index >= 15 is 0 Å². The first-order valence-electron chi connectivity index (χ1n) is 8.79. The predicted molar refractivity (Wildman–Crippen MR) is 91.9 cm³/mol. The summed E-state index contributed by atoms with van der Waals surface area (Å²) in [4.78, 5) is 0. The number of rotatable bonds is 13. The van der Waals surface area contributed by atoms with E-state index in [4.69, 9.17) is 4.74 Å².